The molecular formula is C25H33N5O3. The first-order valence-electron chi connectivity index (χ1n) is 11.1. The molecule has 1 saturated heterocycles. The second-order valence-electron chi connectivity index (χ2n) is 8.56. The average Bonchev–Trinajstić information content (AvgIpc) is 2.83. The van der Waals surface area contributed by atoms with Crippen LogP contribution in [-0.4, -0.2) is 72.1 Å². The van der Waals surface area contributed by atoms with Crippen LogP contribution in [0.5, 0.6) is 0 Å². The van der Waals surface area contributed by atoms with Crippen molar-refractivity contribution in [3.8, 4) is 0 Å². The molecule has 0 radical (unpaired) electrons. The standard InChI is InChI=1S/C25H33N5O3/c1-18(26)23(25(32)28-33)27-24(31)22-11-9-20(10-12-22)4-3-19-5-7-21(8-6-19)17-30-15-13-29(2)14-16-30/h3-12,18,23,33H,13-17,26H2,1-2H3,(H,27,31)(H,28,32)/t18-,23+/m1/s1. The highest BCUT2D eigenvalue weighted by Gasteiger charge is 2.24. The maximum absolute atomic E-state index is 12.4. The van der Waals surface area contributed by atoms with Gasteiger partial charge in [-0.1, -0.05) is 48.6 Å². The number of hydroxylamine groups is 1. The highest BCUT2D eigenvalue weighted by molar-refractivity contribution is 5.97. The molecule has 1 heterocycles. The zero-order valence-electron chi connectivity index (χ0n) is 19.2. The fourth-order valence-electron chi connectivity index (χ4n) is 3.67. The van der Waals surface area contributed by atoms with Crippen molar-refractivity contribution in [2.75, 3.05) is 33.2 Å². The van der Waals surface area contributed by atoms with Gasteiger partial charge in [0.1, 0.15) is 6.04 Å². The number of hydrogen-bond acceptors (Lipinski definition) is 6. The normalized spacial score (nSPS) is 17.0. The lowest BCUT2D eigenvalue weighted by atomic mass is 10.1. The van der Waals surface area contributed by atoms with E-state index in [0.717, 1.165) is 43.9 Å². The van der Waals surface area contributed by atoms with Crippen molar-refractivity contribution in [1.82, 2.24) is 20.6 Å². The van der Waals surface area contributed by atoms with E-state index in [9.17, 15) is 9.59 Å². The second-order valence-corrected chi connectivity index (χ2v) is 8.56. The van der Waals surface area contributed by atoms with Gasteiger partial charge in [-0.25, -0.2) is 5.48 Å². The highest BCUT2D eigenvalue weighted by Crippen LogP contribution is 2.13. The Hall–Kier alpha value is -3.04. The predicted molar refractivity (Wildman–Crippen MR) is 129 cm³/mol. The minimum atomic E-state index is -1.03. The first-order chi connectivity index (χ1) is 15.9. The van der Waals surface area contributed by atoms with E-state index in [1.165, 1.54) is 11.0 Å². The Bertz CT molecular complexity index is 949. The van der Waals surface area contributed by atoms with Gasteiger partial charge in [0.05, 0.1) is 0 Å². The quantitative estimate of drug-likeness (QED) is 0.275. The van der Waals surface area contributed by atoms with Crippen molar-refractivity contribution in [2.24, 2.45) is 5.73 Å². The molecule has 2 aromatic carbocycles. The van der Waals surface area contributed by atoms with Crippen molar-refractivity contribution >= 4 is 24.0 Å². The Morgan fingerprint density at radius 3 is 2.06 bits per heavy atom. The number of hydrogen-bond donors (Lipinski definition) is 4. The van der Waals surface area contributed by atoms with Gasteiger partial charge < -0.3 is 16.0 Å². The van der Waals surface area contributed by atoms with Gasteiger partial charge >= 0.3 is 0 Å². The minimum absolute atomic E-state index is 0.400. The van der Waals surface area contributed by atoms with Crippen molar-refractivity contribution in [2.45, 2.75) is 25.6 Å². The van der Waals surface area contributed by atoms with Crippen molar-refractivity contribution < 1.29 is 14.8 Å². The Morgan fingerprint density at radius 1 is 1.00 bits per heavy atom. The topological polar surface area (TPSA) is 111 Å². The molecule has 33 heavy (non-hydrogen) atoms. The van der Waals surface area contributed by atoms with E-state index in [4.69, 9.17) is 10.9 Å². The molecule has 8 nitrogen and oxygen atoms in total. The monoisotopic (exact) mass is 451 g/mol. The van der Waals surface area contributed by atoms with E-state index in [0.29, 0.717) is 5.56 Å². The van der Waals surface area contributed by atoms with Crippen molar-refractivity contribution in [3.05, 3.63) is 70.8 Å². The fraction of sp³-hybridized carbons (Fsp3) is 0.360. The van der Waals surface area contributed by atoms with Crippen molar-refractivity contribution in [1.29, 1.82) is 0 Å². The molecular weight excluding hydrogens is 418 g/mol. The van der Waals surface area contributed by atoms with Gasteiger partial charge in [-0.3, -0.25) is 19.7 Å². The SMILES string of the molecule is C[C@@H](N)[C@H](NC(=O)c1ccc(C=Cc2ccc(CN3CCN(C)CC3)cc2)cc1)C(=O)NO. The van der Waals surface area contributed by atoms with E-state index in [1.54, 1.807) is 19.1 Å². The first-order valence-corrected chi connectivity index (χ1v) is 11.1. The molecule has 5 N–H and O–H groups in total. The molecule has 0 aromatic heterocycles. The molecule has 0 unspecified atom stereocenters. The van der Waals surface area contributed by atoms with Crippen LogP contribution in [0.25, 0.3) is 12.2 Å². The summed E-state index contributed by atoms with van der Waals surface area (Å²) in [6.07, 6.45) is 4.02. The van der Waals surface area contributed by atoms with Crippen LogP contribution in [0.15, 0.2) is 48.5 Å². The Labute approximate surface area is 195 Å². The molecule has 1 fully saturated rings. The molecule has 0 bridgehead atoms. The smallest absolute Gasteiger partial charge is 0.267 e. The van der Waals surface area contributed by atoms with Crippen LogP contribution in [0.2, 0.25) is 0 Å². The van der Waals surface area contributed by atoms with Gasteiger partial charge in [-0.15, -0.1) is 0 Å². The zero-order chi connectivity index (χ0) is 23.8. The Balaban J connectivity index is 1.55. The van der Waals surface area contributed by atoms with Crippen LogP contribution in [0.3, 0.4) is 0 Å². The van der Waals surface area contributed by atoms with Gasteiger partial charge in [0.15, 0.2) is 0 Å². The van der Waals surface area contributed by atoms with Gasteiger partial charge in [0, 0.05) is 44.3 Å². The number of piperazine rings is 1. The second kappa shape index (κ2) is 11.7. The molecule has 2 amide bonds. The Morgan fingerprint density at radius 2 is 1.55 bits per heavy atom. The number of nitrogens with zero attached hydrogens (tertiary/aromatic N) is 2. The summed E-state index contributed by atoms with van der Waals surface area (Å²) in [6.45, 7) is 7.00. The number of likely N-dealkylation sites (N-methyl/N-ethyl adjacent to an activating group) is 1. The van der Waals surface area contributed by atoms with Gasteiger partial charge in [0.25, 0.3) is 11.8 Å². The summed E-state index contributed by atoms with van der Waals surface area (Å²) >= 11 is 0. The molecule has 0 spiro atoms. The number of nitrogens with one attached hydrogen (secondary N) is 2. The number of carbonyl (C=O) groups excluding carboxylic acids is 2. The zero-order valence-corrected chi connectivity index (χ0v) is 19.2. The largest absolute Gasteiger partial charge is 0.339 e. The number of amides is 2. The van der Waals surface area contributed by atoms with Crippen molar-refractivity contribution in [3.63, 3.8) is 0 Å². The van der Waals surface area contributed by atoms with Crippen LogP contribution in [0.1, 0.15) is 34.0 Å². The van der Waals surface area contributed by atoms with E-state index < -0.39 is 23.9 Å². The minimum Gasteiger partial charge on any atom is -0.339 e. The summed E-state index contributed by atoms with van der Waals surface area (Å²) in [5, 5.41) is 11.3. The third-order valence-electron chi connectivity index (χ3n) is 5.83. The first kappa shape index (κ1) is 24.6. The van der Waals surface area contributed by atoms with Gasteiger partial charge in [0.2, 0.25) is 0 Å². The van der Waals surface area contributed by atoms with E-state index >= 15 is 0 Å². The molecule has 2 aromatic rings. The maximum Gasteiger partial charge on any atom is 0.267 e. The lowest BCUT2D eigenvalue weighted by molar-refractivity contribution is -0.131. The summed E-state index contributed by atoms with van der Waals surface area (Å²) in [6, 6.07) is 13.9. The third kappa shape index (κ3) is 7.23. The molecule has 0 aliphatic carbocycles. The average molecular weight is 452 g/mol. The van der Waals surface area contributed by atoms with E-state index in [-0.39, 0.29) is 0 Å². The molecule has 1 aliphatic heterocycles. The summed E-state index contributed by atoms with van der Waals surface area (Å²) in [4.78, 5) is 28.9. The molecule has 2 atom stereocenters. The van der Waals surface area contributed by atoms with E-state index in [1.807, 2.05) is 24.3 Å². The predicted octanol–water partition coefficient (Wildman–Crippen LogP) is 1.56. The number of benzene rings is 2. The van der Waals surface area contributed by atoms with Crippen LogP contribution in [0, 0.1) is 0 Å². The van der Waals surface area contributed by atoms with Crippen LogP contribution in [0.4, 0.5) is 0 Å². The molecule has 1 aliphatic rings. The summed E-state index contributed by atoms with van der Waals surface area (Å²) < 4.78 is 0. The van der Waals surface area contributed by atoms with Crippen LogP contribution >= 0.6 is 0 Å². The van der Waals surface area contributed by atoms with Gasteiger partial charge in [-0.05, 0) is 42.8 Å². The molecule has 0 saturated carbocycles. The number of rotatable bonds is 8. The maximum atomic E-state index is 12.4. The summed E-state index contributed by atoms with van der Waals surface area (Å²) in [5.74, 6) is -1.19. The van der Waals surface area contributed by atoms with E-state index in [2.05, 4.69) is 46.4 Å². The molecule has 3 rings (SSSR count). The highest BCUT2D eigenvalue weighted by atomic mass is 16.5. The lowest BCUT2D eigenvalue weighted by Gasteiger charge is -2.32. The van der Waals surface area contributed by atoms with Gasteiger partial charge in [-0.2, -0.15) is 0 Å². The number of carbonyl (C=O) groups is 2. The summed E-state index contributed by atoms with van der Waals surface area (Å²) in [7, 11) is 2.16. The van der Waals surface area contributed by atoms with Crippen LogP contribution in [-0.2, 0) is 11.3 Å². The fourth-order valence-corrected chi connectivity index (χ4v) is 3.67. The summed E-state index contributed by atoms with van der Waals surface area (Å²) in [5.41, 5.74) is 11.0. The third-order valence-corrected chi connectivity index (χ3v) is 5.83. The van der Waals surface area contributed by atoms with Crippen LogP contribution < -0.4 is 16.5 Å². The lowest BCUT2D eigenvalue weighted by Crippen LogP contribution is -2.54. The molecule has 176 valence electrons. The number of nitrogens with two attached hydrogens (primary N) is 1. The Kier molecular flexibility index (Phi) is 8.73. The molecule has 8 heteroatoms.